The van der Waals surface area contributed by atoms with Gasteiger partial charge in [-0.2, -0.15) is 5.06 Å². The molecule has 13 nitrogen and oxygen atoms in total. The Morgan fingerprint density at radius 3 is 2.37 bits per heavy atom. The second-order valence-corrected chi connectivity index (χ2v) is 19.0. The van der Waals surface area contributed by atoms with Crippen LogP contribution in [-0.4, -0.2) is 148 Å². The van der Waals surface area contributed by atoms with Crippen LogP contribution in [0.25, 0.3) is 11.1 Å². The largest absolute Gasteiger partial charge is 0.491 e. The molecule has 3 aliphatic carbocycles. The summed E-state index contributed by atoms with van der Waals surface area (Å²) in [6.45, 7) is 13.2. The van der Waals surface area contributed by atoms with Crippen molar-refractivity contribution in [2.45, 2.75) is 83.8 Å². The van der Waals surface area contributed by atoms with Gasteiger partial charge in [0.2, 0.25) is 5.91 Å². The standard InChI is InChI=1S/C48H67N5O7.C2H7N/c1-31-40-26-37(48(40,3)4)27-41(31)50-47(57)44-43(32(2)55)42(30-54)60-53(44)28-36-16-11-17-39(45(36)59-23-20-52-18-21-58-22-19-52)34-14-10-15-35(25-34)46(56)49-38(29-51(5)6)24-33-12-8-7-9-13-33;1-3-2/h7-17,25,31-32,37-38,40-44,54-55H,18-24,26-30H2,1-6H3,(H,49,56)(H,50,57);3H,1-2H3/t31-,32-,37+,38-,40-,41-,42-,43+,44-;/m0./s1. The molecular weight excluding hydrogens is 797 g/mol. The van der Waals surface area contributed by atoms with Crippen LogP contribution < -0.4 is 20.7 Å². The first-order valence-electron chi connectivity index (χ1n) is 23.0. The van der Waals surface area contributed by atoms with Crippen molar-refractivity contribution in [2.75, 3.05) is 80.8 Å². The first-order chi connectivity index (χ1) is 30.2. The van der Waals surface area contributed by atoms with Crippen LogP contribution in [0.4, 0.5) is 0 Å². The fourth-order valence-corrected chi connectivity index (χ4v) is 10.5. The van der Waals surface area contributed by atoms with Crippen molar-refractivity contribution >= 4 is 11.8 Å². The van der Waals surface area contributed by atoms with Gasteiger partial charge >= 0.3 is 0 Å². The van der Waals surface area contributed by atoms with Crippen LogP contribution in [0, 0.1) is 29.1 Å². The number of amides is 2. The van der Waals surface area contributed by atoms with Gasteiger partial charge in [-0.3, -0.25) is 19.3 Å². The molecule has 2 amide bonds. The highest BCUT2D eigenvalue weighted by atomic mass is 16.7. The lowest BCUT2D eigenvalue weighted by molar-refractivity contribution is -0.183. The Kier molecular flexibility index (Phi) is 17.2. The van der Waals surface area contributed by atoms with Gasteiger partial charge in [-0.15, -0.1) is 0 Å². The fraction of sp³-hybridized carbons (Fsp3) is 0.600. The summed E-state index contributed by atoms with van der Waals surface area (Å²) in [6, 6.07) is 22.8. The lowest BCUT2D eigenvalue weighted by atomic mass is 9.45. The number of ether oxygens (including phenoxy) is 2. The van der Waals surface area contributed by atoms with Crippen LogP contribution in [0.5, 0.6) is 5.75 Å². The van der Waals surface area contributed by atoms with Crippen molar-refractivity contribution in [1.29, 1.82) is 0 Å². The van der Waals surface area contributed by atoms with Gasteiger partial charge in [0, 0.05) is 60.9 Å². The van der Waals surface area contributed by atoms with E-state index >= 15 is 0 Å². The maximum absolute atomic E-state index is 14.5. The van der Waals surface area contributed by atoms with Gasteiger partial charge in [-0.05, 0) is 101 Å². The van der Waals surface area contributed by atoms with Gasteiger partial charge in [-0.25, -0.2) is 0 Å². The summed E-state index contributed by atoms with van der Waals surface area (Å²) in [6.07, 6.45) is 1.16. The molecule has 2 saturated heterocycles. The van der Waals surface area contributed by atoms with E-state index in [1.54, 1.807) is 12.0 Å². The smallest absolute Gasteiger partial charge is 0.251 e. The summed E-state index contributed by atoms with van der Waals surface area (Å²) in [5.74, 6) is 1.07. The molecule has 3 aromatic carbocycles. The van der Waals surface area contributed by atoms with E-state index in [9.17, 15) is 19.8 Å². The van der Waals surface area contributed by atoms with E-state index in [2.05, 4.69) is 58.7 Å². The minimum absolute atomic E-state index is 0.0299. The third kappa shape index (κ3) is 11.9. The number of nitrogens with zero attached hydrogens (tertiary/aromatic N) is 3. The van der Waals surface area contributed by atoms with Gasteiger partial charge in [0.05, 0.1) is 32.5 Å². The summed E-state index contributed by atoms with van der Waals surface area (Å²) in [7, 11) is 7.77. The third-order valence-corrected chi connectivity index (χ3v) is 13.9. The molecule has 346 valence electrons. The number of para-hydroxylation sites is 1. The molecule has 13 heteroatoms. The molecular formula is C50H74N6O7. The quantitative estimate of drug-likeness (QED) is 0.131. The summed E-state index contributed by atoms with van der Waals surface area (Å²) in [5, 5.41) is 32.6. The first-order valence-corrected chi connectivity index (χ1v) is 23.0. The zero-order valence-corrected chi connectivity index (χ0v) is 38.9. The highest BCUT2D eigenvalue weighted by molar-refractivity contribution is 5.96. The van der Waals surface area contributed by atoms with E-state index in [-0.39, 0.29) is 42.5 Å². The number of rotatable bonds is 17. The normalized spacial score (nSPS) is 26.5. The lowest BCUT2D eigenvalue weighted by Gasteiger charge is -2.62. The summed E-state index contributed by atoms with van der Waals surface area (Å²) in [5.41, 5.74) is 4.38. The van der Waals surface area contributed by atoms with Gasteiger partial charge in [-0.1, -0.05) is 81.4 Å². The number of hydrogen-bond acceptors (Lipinski definition) is 11. The predicted molar refractivity (Wildman–Crippen MR) is 247 cm³/mol. The van der Waals surface area contributed by atoms with E-state index < -0.39 is 24.2 Å². The zero-order chi connectivity index (χ0) is 45.3. The van der Waals surface area contributed by atoms with Crippen molar-refractivity contribution < 1.29 is 34.1 Å². The van der Waals surface area contributed by atoms with Crippen molar-refractivity contribution in [3.05, 3.63) is 89.5 Å². The molecule has 0 radical (unpaired) electrons. The number of carbonyl (C=O) groups excluding carboxylic acids is 2. The number of aliphatic hydroxyl groups excluding tert-OH is 2. The third-order valence-electron chi connectivity index (χ3n) is 13.9. The van der Waals surface area contributed by atoms with Crippen LogP contribution in [0.3, 0.4) is 0 Å². The van der Waals surface area contributed by atoms with Crippen LogP contribution >= 0.6 is 0 Å². The van der Waals surface area contributed by atoms with Crippen LogP contribution in [0.15, 0.2) is 72.8 Å². The molecule has 8 rings (SSSR count). The Bertz CT molecular complexity index is 1920. The molecule has 2 aliphatic heterocycles. The van der Waals surface area contributed by atoms with Gasteiger partial charge in [0.1, 0.15) is 24.5 Å². The molecule has 3 aromatic rings. The molecule has 5 fully saturated rings. The number of hydroxylamine groups is 2. The number of benzene rings is 3. The number of fused-ring (bicyclic) bond motifs is 2. The molecule has 0 spiro atoms. The van der Waals surface area contributed by atoms with Gasteiger partial charge in [0.15, 0.2) is 0 Å². The van der Waals surface area contributed by atoms with Crippen molar-refractivity contribution in [3.8, 4) is 16.9 Å². The Morgan fingerprint density at radius 2 is 1.71 bits per heavy atom. The maximum Gasteiger partial charge on any atom is 0.251 e. The number of morpholine rings is 1. The predicted octanol–water partition coefficient (Wildman–Crippen LogP) is 4.46. The van der Waals surface area contributed by atoms with E-state index in [0.717, 1.165) is 41.8 Å². The maximum atomic E-state index is 14.5. The molecule has 5 aliphatic rings. The minimum atomic E-state index is -0.909. The molecule has 3 saturated carbocycles. The Morgan fingerprint density at radius 1 is 1.00 bits per heavy atom. The zero-order valence-electron chi connectivity index (χ0n) is 38.9. The topological polar surface area (TPSA) is 148 Å². The number of nitrogens with one attached hydrogen (secondary N) is 3. The monoisotopic (exact) mass is 871 g/mol. The van der Waals surface area contributed by atoms with E-state index in [1.165, 1.54) is 6.42 Å². The average molecular weight is 871 g/mol. The van der Waals surface area contributed by atoms with E-state index in [1.807, 2.05) is 88.9 Å². The van der Waals surface area contributed by atoms with Crippen molar-refractivity contribution in [2.24, 2.45) is 29.1 Å². The summed E-state index contributed by atoms with van der Waals surface area (Å²) < 4.78 is 12.3. The Balaban J connectivity index is 0.00000214. The summed E-state index contributed by atoms with van der Waals surface area (Å²) >= 11 is 0. The van der Waals surface area contributed by atoms with Gasteiger partial charge < -0.3 is 40.5 Å². The minimum Gasteiger partial charge on any atom is -0.491 e. The average Bonchev–Trinajstić information content (AvgIpc) is 3.64. The molecule has 2 bridgehead atoms. The first kappa shape index (κ1) is 48.5. The number of aliphatic hydroxyl groups is 2. The molecule has 0 aromatic heterocycles. The second kappa shape index (κ2) is 22.3. The fourth-order valence-electron chi connectivity index (χ4n) is 10.5. The highest BCUT2D eigenvalue weighted by Crippen LogP contribution is 2.61. The van der Waals surface area contributed by atoms with Crippen LogP contribution in [0.1, 0.15) is 62.0 Å². The van der Waals surface area contributed by atoms with Gasteiger partial charge in [0.25, 0.3) is 5.91 Å². The number of likely N-dealkylation sites (N-methyl/N-ethyl adjacent to an activating group) is 1. The van der Waals surface area contributed by atoms with Crippen molar-refractivity contribution in [1.82, 2.24) is 30.8 Å². The molecule has 9 atom stereocenters. The van der Waals surface area contributed by atoms with Crippen molar-refractivity contribution in [3.63, 3.8) is 0 Å². The van der Waals surface area contributed by atoms with Crippen LogP contribution in [0.2, 0.25) is 0 Å². The lowest BCUT2D eigenvalue weighted by Crippen LogP contribution is -2.62. The number of carbonyl (C=O) groups is 2. The highest BCUT2D eigenvalue weighted by Gasteiger charge is 2.57. The van der Waals surface area contributed by atoms with E-state index in [0.29, 0.717) is 68.4 Å². The molecule has 0 unspecified atom stereocenters. The van der Waals surface area contributed by atoms with E-state index in [4.69, 9.17) is 14.3 Å². The Labute approximate surface area is 375 Å². The van der Waals surface area contributed by atoms with Crippen LogP contribution in [-0.2, 0) is 27.3 Å². The Hall–Kier alpha value is -3.92. The SMILES string of the molecule is CNC.C[C@@H]1[C@@H](NC(=O)[C@@H]2[C@H]([C@H](C)O)[C@H](CO)ON2Cc2cccc(-c3cccc(C(=O)N[C@@H](Cc4ccccc4)CN(C)C)c3)c2OCCN2CCOCC2)C[C@H]2C[C@@H]1C2(C)C. The molecule has 2 heterocycles. The molecule has 63 heavy (non-hydrogen) atoms. The molecule has 5 N–H and O–H groups in total. The summed E-state index contributed by atoms with van der Waals surface area (Å²) in [4.78, 5) is 39.2. The number of hydrogen-bond donors (Lipinski definition) is 5. The second-order valence-electron chi connectivity index (χ2n) is 19.0.